The largest absolute Gasteiger partial charge is 0.467 e. The van der Waals surface area contributed by atoms with Gasteiger partial charge >= 0.3 is 0 Å². The zero-order chi connectivity index (χ0) is 22.1. The predicted octanol–water partition coefficient (Wildman–Crippen LogP) is 5.42. The second-order valence-corrected chi connectivity index (χ2v) is 8.93. The van der Waals surface area contributed by atoms with Crippen molar-refractivity contribution in [1.82, 2.24) is 0 Å². The van der Waals surface area contributed by atoms with E-state index in [9.17, 15) is 5.11 Å². The van der Waals surface area contributed by atoms with Crippen molar-refractivity contribution in [3.8, 4) is 5.75 Å². The fourth-order valence-electron chi connectivity index (χ4n) is 4.61. The number of hydrogen-bond donors (Lipinski definition) is 1. The molecule has 1 unspecified atom stereocenters. The Bertz CT molecular complexity index is 641. The van der Waals surface area contributed by atoms with Gasteiger partial charge in [0.2, 0.25) is 0 Å². The molecule has 2 rings (SSSR count). The van der Waals surface area contributed by atoms with E-state index in [-0.39, 0.29) is 25.1 Å². The Balaban J connectivity index is 2.21. The minimum atomic E-state index is -0.116. The molecule has 0 amide bonds. The molecule has 1 aromatic carbocycles. The highest BCUT2D eigenvalue weighted by Crippen LogP contribution is 2.44. The van der Waals surface area contributed by atoms with E-state index in [0.29, 0.717) is 30.8 Å². The standard InChI is InChI=1S/C25H42O5/c1-7-9-19(4)25(5,24-28-12-13-29-24)11-10-18(3)22-14-21(16-26)23(30-17-27-6)15-20(22)8-2/h14-15,18-19,24,26H,7-13,16-17H2,1-6H3/t18?,19-,25+/m1/s1. The van der Waals surface area contributed by atoms with Crippen LogP contribution in [0.3, 0.4) is 0 Å². The summed E-state index contributed by atoms with van der Waals surface area (Å²) in [6.45, 7) is 12.9. The fourth-order valence-corrected chi connectivity index (χ4v) is 4.61. The van der Waals surface area contributed by atoms with E-state index in [4.69, 9.17) is 18.9 Å². The van der Waals surface area contributed by atoms with E-state index in [1.807, 2.05) is 0 Å². The summed E-state index contributed by atoms with van der Waals surface area (Å²) in [7, 11) is 1.60. The molecule has 0 bridgehead atoms. The highest BCUT2D eigenvalue weighted by molar-refractivity contribution is 5.44. The zero-order valence-corrected chi connectivity index (χ0v) is 19.8. The van der Waals surface area contributed by atoms with Crippen LogP contribution in [0.25, 0.3) is 0 Å². The number of rotatable bonds is 13. The highest BCUT2D eigenvalue weighted by atomic mass is 16.7. The van der Waals surface area contributed by atoms with Crippen molar-refractivity contribution < 1.29 is 24.1 Å². The normalized spacial score (nSPS) is 18.9. The second kappa shape index (κ2) is 12.0. The van der Waals surface area contributed by atoms with Crippen LogP contribution in [0.15, 0.2) is 12.1 Å². The second-order valence-electron chi connectivity index (χ2n) is 8.93. The minimum absolute atomic E-state index is 0.00548. The molecule has 30 heavy (non-hydrogen) atoms. The smallest absolute Gasteiger partial charge is 0.188 e. The summed E-state index contributed by atoms with van der Waals surface area (Å²) in [4.78, 5) is 0. The zero-order valence-electron chi connectivity index (χ0n) is 19.8. The van der Waals surface area contributed by atoms with Gasteiger partial charge in [0.05, 0.1) is 19.8 Å². The lowest BCUT2D eigenvalue weighted by Crippen LogP contribution is -2.39. The molecule has 1 aromatic rings. The molecule has 0 spiro atoms. The summed E-state index contributed by atoms with van der Waals surface area (Å²) in [5.41, 5.74) is 3.37. The maximum absolute atomic E-state index is 9.87. The summed E-state index contributed by atoms with van der Waals surface area (Å²) in [5, 5.41) is 9.87. The molecule has 5 heteroatoms. The van der Waals surface area contributed by atoms with E-state index in [1.165, 1.54) is 24.0 Å². The lowest BCUT2D eigenvalue weighted by molar-refractivity contribution is -0.151. The van der Waals surface area contributed by atoms with Crippen molar-refractivity contribution in [3.63, 3.8) is 0 Å². The van der Waals surface area contributed by atoms with Crippen LogP contribution in [-0.2, 0) is 27.2 Å². The summed E-state index contributed by atoms with van der Waals surface area (Å²) in [5.74, 6) is 1.61. The van der Waals surface area contributed by atoms with Gasteiger partial charge in [0.15, 0.2) is 13.1 Å². The molecule has 1 fully saturated rings. The molecule has 1 heterocycles. The maximum Gasteiger partial charge on any atom is 0.188 e. The van der Waals surface area contributed by atoms with Crippen molar-refractivity contribution in [2.45, 2.75) is 85.5 Å². The van der Waals surface area contributed by atoms with Gasteiger partial charge in [-0.25, -0.2) is 0 Å². The number of ether oxygens (including phenoxy) is 4. The van der Waals surface area contributed by atoms with Gasteiger partial charge in [0.1, 0.15) is 5.75 Å². The maximum atomic E-state index is 9.87. The Hall–Kier alpha value is -1.14. The van der Waals surface area contributed by atoms with Gasteiger partial charge in [-0.1, -0.05) is 47.5 Å². The molecule has 3 atom stereocenters. The van der Waals surface area contributed by atoms with Crippen LogP contribution in [0.4, 0.5) is 0 Å². The van der Waals surface area contributed by atoms with Gasteiger partial charge < -0.3 is 24.1 Å². The lowest BCUT2D eigenvalue weighted by atomic mass is 9.70. The van der Waals surface area contributed by atoms with E-state index in [0.717, 1.165) is 24.8 Å². The third-order valence-electron chi connectivity index (χ3n) is 6.86. The average molecular weight is 423 g/mol. The monoisotopic (exact) mass is 422 g/mol. The topological polar surface area (TPSA) is 57.2 Å². The van der Waals surface area contributed by atoms with Crippen molar-refractivity contribution in [2.75, 3.05) is 27.1 Å². The number of methoxy groups -OCH3 is 1. The molecule has 1 saturated heterocycles. The van der Waals surface area contributed by atoms with Crippen LogP contribution < -0.4 is 4.74 Å². The van der Waals surface area contributed by atoms with Crippen molar-refractivity contribution in [3.05, 3.63) is 28.8 Å². The molecule has 0 aliphatic carbocycles. The SMILES string of the molecule is CCC[C@@H](C)[C@](C)(CCC(C)c1cc(CO)c(OCOC)cc1CC)C1OCCO1. The molecule has 0 aromatic heterocycles. The summed E-state index contributed by atoms with van der Waals surface area (Å²) < 4.78 is 22.7. The van der Waals surface area contributed by atoms with E-state index in [2.05, 4.69) is 46.8 Å². The molecule has 1 aliphatic rings. The Morgan fingerprint density at radius 2 is 1.83 bits per heavy atom. The lowest BCUT2D eigenvalue weighted by Gasteiger charge is -2.40. The first-order valence-electron chi connectivity index (χ1n) is 11.5. The summed E-state index contributed by atoms with van der Waals surface area (Å²) >= 11 is 0. The molecule has 1 aliphatic heterocycles. The average Bonchev–Trinajstić information content (AvgIpc) is 3.30. The van der Waals surface area contributed by atoms with Gasteiger partial charge in [-0.15, -0.1) is 0 Å². The fraction of sp³-hybridized carbons (Fsp3) is 0.760. The molecule has 172 valence electrons. The summed E-state index contributed by atoms with van der Waals surface area (Å²) in [6, 6.07) is 4.18. The van der Waals surface area contributed by atoms with Crippen molar-refractivity contribution in [1.29, 1.82) is 0 Å². The first kappa shape index (κ1) is 25.1. The van der Waals surface area contributed by atoms with Crippen molar-refractivity contribution >= 4 is 0 Å². The molecular weight excluding hydrogens is 380 g/mol. The Morgan fingerprint density at radius 3 is 2.40 bits per heavy atom. The Kier molecular flexibility index (Phi) is 10.1. The summed E-state index contributed by atoms with van der Waals surface area (Å²) in [6.07, 6.45) is 5.24. The van der Waals surface area contributed by atoms with Crippen LogP contribution >= 0.6 is 0 Å². The third-order valence-corrected chi connectivity index (χ3v) is 6.86. The molecular formula is C25H42O5. The first-order chi connectivity index (χ1) is 14.4. The number of aliphatic hydroxyl groups excluding tert-OH is 1. The minimum Gasteiger partial charge on any atom is -0.467 e. The Morgan fingerprint density at radius 1 is 1.13 bits per heavy atom. The number of hydrogen-bond acceptors (Lipinski definition) is 5. The van der Waals surface area contributed by atoms with E-state index < -0.39 is 0 Å². The Labute approximate surface area is 183 Å². The number of aliphatic hydroxyl groups is 1. The third kappa shape index (κ3) is 5.97. The molecule has 5 nitrogen and oxygen atoms in total. The van der Waals surface area contributed by atoms with E-state index >= 15 is 0 Å². The van der Waals surface area contributed by atoms with Gasteiger partial charge in [0.25, 0.3) is 0 Å². The van der Waals surface area contributed by atoms with Crippen LogP contribution in [0, 0.1) is 11.3 Å². The van der Waals surface area contributed by atoms with E-state index in [1.54, 1.807) is 7.11 Å². The van der Waals surface area contributed by atoms with Gasteiger partial charge in [-0.2, -0.15) is 0 Å². The number of aryl methyl sites for hydroxylation is 1. The van der Waals surface area contributed by atoms with Gasteiger partial charge in [-0.05, 0) is 54.4 Å². The van der Waals surface area contributed by atoms with Gasteiger partial charge in [-0.3, -0.25) is 0 Å². The first-order valence-corrected chi connectivity index (χ1v) is 11.5. The highest BCUT2D eigenvalue weighted by Gasteiger charge is 2.42. The predicted molar refractivity (Wildman–Crippen MR) is 120 cm³/mol. The van der Waals surface area contributed by atoms with Gasteiger partial charge in [0, 0.05) is 18.1 Å². The molecule has 1 N–H and O–H groups in total. The molecule has 0 radical (unpaired) electrons. The molecule has 0 saturated carbocycles. The van der Waals surface area contributed by atoms with Crippen molar-refractivity contribution in [2.24, 2.45) is 11.3 Å². The van der Waals surface area contributed by atoms with Crippen LogP contribution in [0.5, 0.6) is 5.75 Å². The number of benzene rings is 1. The van der Waals surface area contributed by atoms with Crippen LogP contribution in [-0.4, -0.2) is 38.5 Å². The van der Waals surface area contributed by atoms with Crippen LogP contribution in [0.2, 0.25) is 0 Å². The quantitative estimate of drug-likeness (QED) is 0.430. The van der Waals surface area contributed by atoms with Crippen LogP contribution in [0.1, 0.15) is 82.9 Å².